The zero-order valence-electron chi connectivity index (χ0n) is 14.4. The van der Waals surface area contributed by atoms with E-state index in [1.807, 2.05) is 11.7 Å². The highest BCUT2D eigenvalue weighted by atomic mass is 15.3. The molecule has 23 heavy (non-hydrogen) atoms. The second-order valence-corrected chi connectivity index (χ2v) is 5.97. The molecule has 1 N–H and O–H groups in total. The highest BCUT2D eigenvalue weighted by molar-refractivity contribution is 5.97. The Kier molecular flexibility index (Phi) is 4.37. The van der Waals surface area contributed by atoms with Crippen molar-refractivity contribution in [2.45, 2.75) is 33.7 Å². The van der Waals surface area contributed by atoms with Crippen molar-refractivity contribution in [2.75, 3.05) is 18.0 Å². The molecule has 1 aliphatic heterocycles. The molecule has 1 aliphatic rings. The number of para-hydroxylation sites is 1. The SMILES string of the molecule is CCNC(=NCc1c(C)nn(C)c1C)N1CCc2ccccc21. The summed E-state index contributed by atoms with van der Waals surface area (Å²) in [5.41, 5.74) is 6.13. The summed E-state index contributed by atoms with van der Waals surface area (Å²) in [6.07, 6.45) is 1.07. The van der Waals surface area contributed by atoms with Crippen LogP contribution in [0.5, 0.6) is 0 Å². The van der Waals surface area contributed by atoms with Crippen LogP contribution in [0, 0.1) is 13.8 Å². The van der Waals surface area contributed by atoms with Crippen LogP contribution in [0.15, 0.2) is 29.3 Å². The first kappa shape index (κ1) is 15.6. The van der Waals surface area contributed by atoms with Crippen molar-refractivity contribution in [1.29, 1.82) is 0 Å². The highest BCUT2D eigenvalue weighted by Crippen LogP contribution is 2.27. The lowest BCUT2D eigenvalue weighted by Crippen LogP contribution is -2.40. The first-order valence-electron chi connectivity index (χ1n) is 8.24. The smallest absolute Gasteiger partial charge is 0.198 e. The number of hydrogen-bond acceptors (Lipinski definition) is 2. The maximum atomic E-state index is 4.88. The molecule has 0 aliphatic carbocycles. The maximum Gasteiger partial charge on any atom is 0.198 e. The van der Waals surface area contributed by atoms with Gasteiger partial charge in [-0.2, -0.15) is 5.10 Å². The van der Waals surface area contributed by atoms with Gasteiger partial charge in [0, 0.05) is 37.1 Å². The fraction of sp³-hybridized carbons (Fsp3) is 0.444. The van der Waals surface area contributed by atoms with Gasteiger partial charge in [-0.25, -0.2) is 4.99 Å². The molecule has 0 atom stereocenters. The lowest BCUT2D eigenvalue weighted by atomic mass is 10.2. The predicted molar refractivity (Wildman–Crippen MR) is 95.0 cm³/mol. The highest BCUT2D eigenvalue weighted by Gasteiger charge is 2.22. The molecule has 1 aromatic heterocycles. The number of hydrogen-bond donors (Lipinski definition) is 1. The first-order chi connectivity index (χ1) is 11.1. The summed E-state index contributed by atoms with van der Waals surface area (Å²) in [6, 6.07) is 8.58. The largest absolute Gasteiger partial charge is 0.356 e. The lowest BCUT2D eigenvalue weighted by molar-refractivity contribution is 0.730. The van der Waals surface area contributed by atoms with Crippen LogP contribution >= 0.6 is 0 Å². The first-order valence-corrected chi connectivity index (χ1v) is 8.24. The van der Waals surface area contributed by atoms with E-state index in [4.69, 9.17) is 4.99 Å². The molecule has 5 nitrogen and oxygen atoms in total. The van der Waals surface area contributed by atoms with Gasteiger partial charge in [-0.05, 0) is 38.8 Å². The number of rotatable bonds is 3. The van der Waals surface area contributed by atoms with Crippen molar-refractivity contribution in [2.24, 2.45) is 12.0 Å². The standard InChI is InChI=1S/C18H25N5/c1-5-19-18(20-12-16-13(2)21-22(4)14(16)3)23-11-10-15-8-6-7-9-17(15)23/h6-9H,5,10-12H2,1-4H3,(H,19,20). The summed E-state index contributed by atoms with van der Waals surface area (Å²) in [7, 11) is 1.98. The second kappa shape index (κ2) is 6.44. The third kappa shape index (κ3) is 2.96. The van der Waals surface area contributed by atoms with Gasteiger partial charge in [0.05, 0.1) is 12.2 Å². The van der Waals surface area contributed by atoms with Crippen molar-refractivity contribution >= 4 is 11.6 Å². The van der Waals surface area contributed by atoms with Crippen LogP contribution in [0.1, 0.15) is 29.4 Å². The summed E-state index contributed by atoms with van der Waals surface area (Å²) in [4.78, 5) is 7.17. The van der Waals surface area contributed by atoms with Gasteiger partial charge < -0.3 is 10.2 Å². The Morgan fingerprint density at radius 2 is 2.09 bits per heavy atom. The van der Waals surface area contributed by atoms with Crippen molar-refractivity contribution < 1.29 is 0 Å². The van der Waals surface area contributed by atoms with Crippen LogP contribution in [0.3, 0.4) is 0 Å². The number of aliphatic imine (C=N–C) groups is 1. The van der Waals surface area contributed by atoms with E-state index >= 15 is 0 Å². The fourth-order valence-corrected chi connectivity index (χ4v) is 3.15. The molecule has 0 unspecified atom stereocenters. The van der Waals surface area contributed by atoms with Crippen LogP contribution in [0.4, 0.5) is 5.69 Å². The van der Waals surface area contributed by atoms with Crippen LogP contribution < -0.4 is 10.2 Å². The molecular formula is C18H25N5. The van der Waals surface area contributed by atoms with Gasteiger partial charge >= 0.3 is 0 Å². The molecule has 2 heterocycles. The van der Waals surface area contributed by atoms with E-state index in [1.165, 1.54) is 22.5 Å². The van der Waals surface area contributed by atoms with E-state index in [0.717, 1.165) is 31.2 Å². The van der Waals surface area contributed by atoms with Crippen molar-refractivity contribution in [1.82, 2.24) is 15.1 Å². The summed E-state index contributed by atoms with van der Waals surface area (Å²) < 4.78 is 1.93. The average Bonchev–Trinajstić information content (AvgIpc) is 3.07. The molecule has 0 bridgehead atoms. The lowest BCUT2D eigenvalue weighted by Gasteiger charge is -2.22. The van der Waals surface area contributed by atoms with Gasteiger partial charge in [0.1, 0.15) is 0 Å². The minimum atomic E-state index is 0.659. The summed E-state index contributed by atoms with van der Waals surface area (Å²) in [5, 5.41) is 7.91. The summed E-state index contributed by atoms with van der Waals surface area (Å²) >= 11 is 0. The van der Waals surface area contributed by atoms with Gasteiger partial charge in [0.15, 0.2) is 5.96 Å². The number of benzene rings is 1. The Morgan fingerprint density at radius 1 is 1.30 bits per heavy atom. The van der Waals surface area contributed by atoms with Crippen LogP contribution in [0.2, 0.25) is 0 Å². The van der Waals surface area contributed by atoms with Gasteiger partial charge in [-0.15, -0.1) is 0 Å². The average molecular weight is 311 g/mol. The maximum absolute atomic E-state index is 4.88. The second-order valence-electron chi connectivity index (χ2n) is 5.97. The number of anilines is 1. The van der Waals surface area contributed by atoms with E-state index in [1.54, 1.807) is 0 Å². The molecule has 0 saturated heterocycles. The van der Waals surface area contributed by atoms with E-state index < -0.39 is 0 Å². The minimum Gasteiger partial charge on any atom is -0.356 e. The molecule has 0 amide bonds. The Labute approximate surface area is 138 Å². The molecular weight excluding hydrogens is 286 g/mol. The molecule has 3 rings (SSSR count). The van der Waals surface area contributed by atoms with Gasteiger partial charge in [0.2, 0.25) is 0 Å². The third-order valence-electron chi connectivity index (χ3n) is 4.52. The molecule has 0 spiro atoms. The molecule has 0 saturated carbocycles. The molecule has 0 radical (unpaired) electrons. The van der Waals surface area contributed by atoms with Gasteiger partial charge in [-0.1, -0.05) is 18.2 Å². The topological polar surface area (TPSA) is 45.5 Å². The number of nitrogens with one attached hydrogen (secondary N) is 1. The Bertz CT molecular complexity index is 729. The number of aryl methyl sites for hydroxylation is 2. The van der Waals surface area contributed by atoms with E-state index in [9.17, 15) is 0 Å². The van der Waals surface area contributed by atoms with Crippen molar-refractivity contribution in [3.05, 3.63) is 46.8 Å². The third-order valence-corrected chi connectivity index (χ3v) is 4.52. The van der Waals surface area contributed by atoms with Crippen LogP contribution in [-0.4, -0.2) is 28.8 Å². The molecule has 2 aromatic rings. The van der Waals surface area contributed by atoms with Crippen LogP contribution in [0.25, 0.3) is 0 Å². The zero-order chi connectivity index (χ0) is 16.4. The van der Waals surface area contributed by atoms with E-state index in [-0.39, 0.29) is 0 Å². The summed E-state index contributed by atoms with van der Waals surface area (Å²) in [5.74, 6) is 0.958. The van der Waals surface area contributed by atoms with E-state index in [2.05, 4.69) is 60.4 Å². The number of aromatic nitrogens is 2. The molecule has 122 valence electrons. The molecule has 1 aromatic carbocycles. The van der Waals surface area contributed by atoms with E-state index in [0.29, 0.717) is 6.54 Å². The Hall–Kier alpha value is -2.30. The molecule has 0 fully saturated rings. The summed E-state index contributed by atoms with van der Waals surface area (Å²) in [6.45, 7) is 8.77. The number of guanidine groups is 1. The van der Waals surface area contributed by atoms with Crippen molar-refractivity contribution in [3.63, 3.8) is 0 Å². The number of fused-ring (bicyclic) bond motifs is 1. The van der Waals surface area contributed by atoms with Crippen molar-refractivity contribution in [3.8, 4) is 0 Å². The van der Waals surface area contributed by atoms with Gasteiger partial charge in [-0.3, -0.25) is 4.68 Å². The van der Waals surface area contributed by atoms with Crippen LogP contribution in [-0.2, 0) is 20.0 Å². The zero-order valence-corrected chi connectivity index (χ0v) is 14.4. The monoisotopic (exact) mass is 311 g/mol. The quantitative estimate of drug-likeness (QED) is 0.700. The normalized spacial score (nSPS) is 14.3. The predicted octanol–water partition coefficient (Wildman–Crippen LogP) is 2.57. The number of nitrogens with zero attached hydrogens (tertiary/aromatic N) is 4. The Morgan fingerprint density at radius 3 is 2.78 bits per heavy atom. The fourth-order valence-electron chi connectivity index (χ4n) is 3.15. The molecule has 5 heteroatoms. The minimum absolute atomic E-state index is 0.659. The Balaban J connectivity index is 1.87. The van der Waals surface area contributed by atoms with Gasteiger partial charge in [0.25, 0.3) is 0 Å².